The van der Waals surface area contributed by atoms with Crippen molar-refractivity contribution < 1.29 is 23.8 Å². The van der Waals surface area contributed by atoms with Crippen molar-refractivity contribution in [3.05, 3.63) is 0 Å². The van der Waals surface area contributed by atoms with Crippen LogP contribution in [0.25, 0.3) is 0 Å². The van der Waals surface area contributed by atoms with Crippen molar-refractivity contribution in [1.82, 2.24) is 4.90 Å². The second-order valence-electron chi connectivity index (χ2n) is 8.85. The van der Waals surface area contributed by atoms with Gasteiger partial charge in [-0.2, -0.15) is 0 Å². The Balaban J connectivity index is 1.62. The van der Waals surface area contributed by atoms with Gasteiger partial charge in [0.05, 0.1) is 18.8 Å². The second-order valence-corrected chi connectivity index (χ2v) is 8.85. The van der Waals surface area contributed by atoms with Crippen LogP contribution in [-0.4, -0.2) is 54.5 Å². The number of hydrogen-bond donors (Lipinski definition) is 0. The summed E-state index contributed by atoms with van der Waals surface area (Å²) in [5.74, 6) is 5.64. The number of amides is 1. The van der Waals surface area contributed by atoms with E-state index in [0.29, 0.717) is 25.6 Å². The Hall–Kier alpha value is -1.74. The molecule has 0 spiro atoms. The van der Waals surface area contributed by atoms with Crippen LogP contribution >= 0.6 is 0 Å². The molecule has 1 saturated heterocycles. The Morgan fingerprint density at radius 1 is 1.11 bits per heavy atom. The van der Waals surface area contributed by atoms with Gasteiger partial charge >= 0.3 is 12.1 Å². The summed E-state index contributed by atoms with van der Waals surface area (Å²) in [4.78, 5) is 25.3. The van der Waals surface area contributed by atoms with Crippen molar-refractivity contribution >= 4 is 12.1 Å². The van der Waals surface area contributed by atoms with Gasteiger partial charge in [-0.25, -0.2) is 9.59 Å². The fraction of sp³-hybridized carbons (Fsp3) is 0.810. The first-order valence-corrected chi connectivity index (χ1v) is 9.94. The van der Waals surface area contributed by atoms with Gasteiger partial charge in [0.2, 0.25) is 0 Å². The molecule has 0 radical (unpaired) electrons. The minimum Gasteiger partial charge on any atom is -0.456 e. The average molecular weight is 379 g/mol. The first kappa shape index (κ1) is 21.6. The molecule has 0 unspecified atom stereocenters. The molecule has 0 aromatic carbocycles. The maximum absolute atomic E-state index is 12.1. The molecule has 6 heteroatoms. The molecule has 6 nitrogen and oxygen atoms in total. The third kappa shape index (κ3) is 7.80. The number of likely N-dealkylation sites (tertiary alicyclic amines) is 1. The molecule has 1 amide bonds. The normalized spacial score (nSPS) is 23.3. The standard InChI is InChI=1S/C21H33NO5/c1-15(2)14-25-19(23)7-6-16-12-18(13-16)26-17-8-10-22(11-9-17)20(24)27-21(3,4)5/h15-18H,8-14H2,1-5H3/t16-,18-. The van der Waals surface area contributed by atoms with Crippen molar-refractivity contribution in [3.8, 4) is 11.8 Å². The van der Waals surface area contributed by atoms with E-state index >= 15 is 0 Å². The number of nitrogens with zero attached hydrogens (tertiary/aromatic N) is 1. The number of rotatable bonds is 4. The van der Waals surface area contributed by atoms with Crippen LogP contribution in [0, 0.1) is 23.7 Å². The molecule has 152 valence electrons. The third-order valence-corrected chi connectivity index (χ3v) is 4.50. The lowest BCUT2D eigenvalue weighted by Crippen LogP contribution is -2.45. The minimum atomic E-state index is -0.465. The van der Waals surface area contributed by atoms with Crippen LogP contribution in [0.3, 0.4) is 0 Å². The van der Waals surface area contributed by atoms with Crippen LogP contribution in [0.2, 0.25) is 0 Å². The predicted octanol–water partition coefficient (Wildman–Crippen LogP) is 3.38. The minimum absolute atomic E-state index is 0.179. The number of piperidine rings is 1. The number of carbonyl (C=O) groups is 2. The summed E-state index contributed by atoms with van der Waals surface area (Å²) in [6, 6.07) is 0. The highest BCUT2D eigenvalue weighted by Gasteiger charge is 2.33. The Morgan fingerprint density at radius 3 is 2.30 bits per heavy atom. The molecular formula is C21H33NO5. The smallest absolute Gasteiger partial charge is 0.410 e. The fourth-order valence-corrected chi connectivity index (χ4v) is 3.01. The van der Waals surface area contributed by atoms with Crippen LogP contribution in [0.4, 0.5) is 4.79 Å². The van der Waals surface area contributed by atoms with Gasteiger partial charge in [-0.15, -0.1) is 0 Å². The molecule has 1 saturated carbocycles. The van der Waals surface area contributed by atoms with Crippen molar-refractivity contribution in [2.45, 2.75) is 78.1 Å². The zero-order valence-corrected chi connectivity index (χ0v) is 17.2. The third-order valence-electron chi connectivity index (χ3n) is 4.50. The van der Waals surface area contributed by atoms with Crippen molar-refractivity contribution in [3.63, 3.8) is 0 Å². The summed E-state index contributed by atoms with van der Waals surface area (Å²) in [5.41, 5.74) is -0.465. The van der Waals surface area contributed by atoms with E-state index in [-0.39, 0.29) is 24.2 Å². The molecule has 1 heterocycles. The maximum atomic E-state index is 12.1. The zero-order valence-electron chi connectivity index (χ0n) is 17.2. The van der Waals surface area contributed by atoms with Crippen LogP contribution in [-0.2, 0) is 19.0 Å². The average Bonchev–Trinajstić information content (AvgIpc) is 2.53. The molecule has 2 aliphatic rings. The molecule has 1 aliphatic carbocycles. The van der Waals surface area contributed by atoms with Crippen LogP contribution in [0.1, 0.15) is 60.3 Å². The molecular weight excluding hydrogens is 346 g/mol. The Morgan fingerprint density at radius 2 is 1.74 bits per heavy atom. The van der Waals surface area contributed by atoms with Crippen LogP contribution in [0.5, 0.6) is 0 Å². The molecule has 2 fully saturated rings. The fourth-order valence-electron chi connectivity index (χ4n) is 3.01. The Labute approximate surface area is 162 Å². The first-order valence-electron chi connectivity index (χ1n) is 9.94. The molecule has 0 atom stereocenters. The topological polar surface area (TPSA) is 65.1 Å². The van der Waals surface area contributed by atoms with Gasteiger partial charge in [0.15, 0.2) is 0 Å². The number of ether oxygens (including phenoxy) is 3. The predicted molar refractivity (Wildman–Crippen MR) is 102 cm³/mol. The number of hydrogen-bond acceptors (Lipinski definition) is 5. The van der Waals surface area contributed by atoms with Crippen molar-refractivity contribution in [2.24, 2.45) is 11.8 Å². The summed E-state index contributed by atoms with van der Waals surface area (Å²) in [6.07, 6.45) is 3.51. The Bertz CT molecular complexity index is 570. The summed E-state index contributed by atoms with van der Waals surface area (Å²) >= 11 is 0. The van der Waals surface area contributed by atoms with E-state index in [0.717, 1.165) is 25.7 Å². The monoisotopic (exact) mass is 379 g/mol. The highest BCUT2D eigenvalue weighted by atomic mass is 16.6. The van der Waals surface area contributed by atoms with Gasteiger partial charge in [0.25, 0.3) is 0 Å². The van der Waals surface area contributed by atoms with Crippen molar-refractivity contribution in [2.75, 3.05) is 19.7 Å². The van der Waals surface area contributed by atoms with Gasteiger partial charge in [-0.3, -0.25) is 0 Å². The van der Waals surface area contributed by atoms with E-state index < -0.39 is 11.6 Å². The quantitative estimate of drug-likeness (QED) is 0.426. The molecule has 0 aromatic heterocycles. The summed E-state index contributed by atoms with van der Waals surface area (Å²) < 4.78 is 16.6. The number of carbonyl (C=O) groups excluding carboxylic acids is 2. The zero-order chi connectivity index (χ0) is 20.0. The van der Waals surface area contributed by atoms with Crippen LogP contribution < -0.4 is 0 Å². The van der Waals surface area contributed by atoms with Gasteiger partial charge in [0, 0.05) is 24.9 Å². The van der Waals surface area contributed by atoms with Gasteiger partial charge in [-0.1, -0.05) is 19.8 Å². The lowest BCUT2D eigenvalue weighted by Gasteiger charge is -2.38. The summed E-state index contributed by atoms with van der Waals surface area (Å²) in [7, 11) is 0. The van der Waals surface area contributed by atoms with E-state index in [2.05, 4.69) is 11.8 Å². The first-order chi connectivity index (χ1) is 12.6. The van der Waals surface area contributed by atoms with E-state index in [1.165, 1.54) is 0 Å². The van der Waals surface area contributed by atoms with E-state index in [1.807, 2.05) is 34.6 Å². The van der Waals surface area contributed by atoms with Crippen molar-refractivity contribution in [1.29, 1.82) is 0 Å². The Kier molecular flexibility index (Phi) is 7.55. The summed E-state index contributed by atoms with van der Waals surface area (Å²) in [5, 5.41) is 0. The van der Waals surface area contributed by atoms with E-state index in [1.54, 1.807) is 4.90 Å². The van der Waals surface area contributed by atoms with Gasteiger partial charge < -0.3 is 19.1 Å². The molecule has 2 rings (SSSR count). The molecule has 0 aromatic rings. The molecule has 27 heavy (non-hydrogen) atoms. The van der Waals surface area contributed by atoms with Gasteiger partial charge in [-0.05, 0) is 52.4 Å². The highest BCUT2D eigenvalue weighted by molar-refractivity contribution is 5.88. The largest absolute Gasteiger partial charge is 0.456 e. The summed E-state index contributed by atoms with van der Waals surface area (Å²) in [6.45, 7) is 11.3. The lowest BCUT2D eigenvalue weighted by atomic mass is 9.82. The lowest BCUT2D eigenvalue weighted by molar-refractivity contribution is -0.137. The molecule has 0 bridgehead atoms. The van der Waals surface area contributed by atoms with E-state index in [9.17, 15) is 9.59 Å². The van der Waals surface area contributed by atoms with Gasteiger partial charge in [0.1, 0.15) is 5.60 Å². The van der Waals surface area contributed by atoms with E-state index in [4.69, 9.17) is 14.2 Å². The number of esters is 1. The molecule has 1 aliphatic heterocycles. The SMILES string of the molecule is CC(C)COC(=O)C#C[C@H]1C[C@H](OC2CCN(C(=O)OC(C)(C)C)CC2)C1. The highest BCUT2D eigenvalue weighted by Crippen LogP contribution is 2.32. The maximum Gasteiger partial charge on any atom is 0.410 e. The molecule has 0 N–H and O–H groups in total. The van der Waals surface area contributed by atoms with Crippen LogP contribution in [0.15, 0.2) is 0 Å². The second kappa shape index (κ2) is 9.45.